The molecule has 3 heterocycles. The van der Waals surface area contributed by atoms with Crippen molar-refractivity contribution in [1.29, 1.82) is 0 Å². The molecule has 0 bridgehead atoms. The summed E-state index contributed by atoms with van der Waals surface area (Å²) in [6, 6.07) is -0.617. The average molecular weight is 563 g/mol. The van der Waals surface area contributed by atoms with Crippen LogP contribution in [0.3, 0.4) is 0 Å². The zero-order chi connectivity index (χ0) is 27.0. The lowest BCUT2D eigenvalue weighted by Crippen LogP contribution is -2.62. The monoisotopic (exact) mass is 563 g/mol. The summed E-state index contributed by atoms with van der Waals surface area (Å²) in [5.74, 6) is 0. The summed E-state index contributed by atoms with van der Waals surface area (Å²) in [5.41, 5.74) is 3.73. The van der Waals surface area contributed by atoms with Crippen molar-refractivity contribution in [3.05, 3.63) is 33.1 Å². The maximum atomic E-state index is 12.0. The van der Waals surface area contributed by atoms with Crippen molar-refractivity contribution < 1.29 is 67.3 Å². The van der Waals surface area contributed by atoms with Gasteiger partial charge in [-0.2, -0.15) is 0 Å². The molecule has 1 aromatic rings. The molecule has 0 aromatic carbocycles. The van der Waals surface area contributed by atoms with Crippen LogP contribution >= 0.6 is 15.6 Å². The zero-order valence-corrected chi connectivity index (χ0v) is 19.7. The molecule has 19 nitrogen and oxygen atoms in total. The molecule has 206 valence electrons. The third-order valence-electron chi connectivity index (χ3n) is 5.23. The van der Waals surface area contributed by atoms with Crippen molar-refractivity contribution in [1.82, 2.24) is 9.55 Å². The Morgan fingerprint density at radius 1 is 1.03 bits per heavy atom. The van der Waals surface area contributed by atoms with Crippen molar-refractivity contribution in [2.45, 2.75) is 55.2 Å². The molecule has 0 radical (unpaired) electrons. The minimum absolute atomic E-state index is 0.707. The number of rotatable bonds is 9. The Balaban J connectivity index is 1.61. The van der Waals surface area contributed by atoms with Crippen molar-refractivity contribution in [2.75, 3.05) is 13.2 Å². The third kappa shape index (κ3) is 6.54. The van der Waals surface area contributed by atoms with Gasteiger partial charge in [-0.3, -0.25) is 28.0 Å². The largest absolute Gasteiger partial charge is 0.756 e. The normalized spacial score (nSPS) is 38.4. The number of phosphoric acid groups is 2. The molecule has 2 saturated heterocycles. The second-order valence-corrected chi connectivity index (χ2v) is 10.6. The number of aliphatic hydroxyl groups is 5. The standard InChI is InChI=1S/C15H25N3O16P2/c16-8-9(21)5(3-19)32-14(11(8)23)33-36(28,29)34-35(26,27)30-4-6-10(22)12(24)13(31-6)18-2-1-7(20)17-15(18)25/h1-2,5-6,8-14,19,21-24H,3-4,16H2,(H,26,27)(H,28,29)(H,17,20,25)/p-2/t5-,6-,8+,9-,10-,11-,12-,13-,14-/m1/s1. The van der Waals surface area contributed by atoms with E-state index in [4.69, 9.17) is 20.3 Å². The molecular formula is C15H23N3O16P2-2. The van der Waals surface area contributed by atoms with E-state index in [0.29, 0.717) is 4.57 Å². The fourth-order valence-electron chi connectivity index (χ4n) is 3.38. The number of phosphoric ester groups is 2. The van der Waals surface area contributed by atoms with Crippen LogP contribution in [0.1, 0.15) is 6.23 Å². The van der Waals surface area contributed by atoms with Crippen LogP contribution in [0.25, 0.3) is 0 Å². The fraction of sp³-hybridized carbons (Fsp3) is 0.733. The first-order valence-corrected chi connectivity index (χ1v) is 13.0. The van der Waals surface area contributed by atoms with E-state index in [1.807, 2.05) is 4.98 Å². The van der Waals surface area contributed by atoms with Gasteiger partial charge >= 0.3 is 5.69 Å². The number of aromatic nitrogens is 2. The highest BCUT2D eigenvalue weighted by atomic mass is 31.3. The van der Waals surface area contributed by atoms with Crippen LogP contribution in [0.2, 0.25) is 0 Å². The van der Waals surface area contributed by atoms with Gasteiger partial charge in [0.1, 0.15) is 36.6 Å². The highest BCUT2D eigenvalue weighted by molar-refractivity contribution is 7.59. The van der Waals surface area contributed by atoms with Gasteiger partial charge in [0.2, 0.25) is 0 Å². The number of nitrogens with two attached hydrogens (primary N) is 1. The second-order valence-electron chi connectivity index (χ2n) is 7.72. The summed E-state index contributed by atoms with van der Waals surface area (Å²) in [7, 11) is -11.6. The maximum absolute atomic E-state index is 12.0. The SMILES string of the molecule is N[C@@H]1[C@@H](O)[C@@H](OP(=O)([O-])OP(=O)([O-])OC[C@H]2O[C@@H](n3ccc(=O)[nH]c3=O)[C@H](O)[C@@H]2O)O[C@H](CO)[C@H]1O. The Morgan fingerprint density at radius 2 is 1.69 bits per heavy atom. The summed E-state index contributed by atoms with van der Waals surface area (Å²) in [5, 5.41) is 49.0. The van der Waals surface area contributed by atoms with E-state index >= 15 is 0 Å². The number of H-pyrrole nitrogens is 1. The fourth-order valence-corrected chi connectivity index (χ4v) is 5.47. The van der Waals surface area contributed by atoms with Gasteiger partial charge in [-0.05, 0) is 0 Å². The van der Waals surface area contributed by atoms with Gasteiger partial charge in [-0.1, -0.05) is 0 Å². The Hall–Kier alpha value is -1.38. The van der Waals surface area contributed by atoms with Crippen molar-refractivity contribution in [2.24, 2.45) is 5.73 Å². The molecule has 0 saturated carbocycles. The first-order valence-electron chi connectivity index (χ1n) is 10.0. The lowest BCUT2D eigenvalue weighted by molar-refractivity contribution is -0.289. The van der Waals surface area contributed by atoms with Gasteiger partial charge in [0.15, 0.2) is 12.5 Å². The smallest absolute Gasteiger partial charge is 0.330 e. The van der Waals surface area contributed by atoms with Gasteiger partial charge < -0.3 is 55.1 Å². The number of ether oxygens (including phenoxy) is 2. The van der Waals surface area contributed by atoms with Gasteiger partial charge in [0, 0.05) is 12.3 Å². The molecule has 36 heavy (non-hydrogen) atoms. The summed E-state index contributed by atoms with van der Waals surface area (Å²) in [6.45, 7) is -1.95. The average Bonchev–Trinajstić information content (AvgIpc) is 3.06. The molecule has 2 unspecified atom stereocenters. The number of aliphatic hydroxyl groups excluding tert-OH is 5. The van der Waals surface area contributed by atoms with E-state index < -0.39 is 95.3 Å². The molecule has 1 aromatic heterocycles. The molecule has 8 N–H and O–H groups in total. The van der Waals surface area contributed by atoms with Crippen molar-refractivity contribution >= 4 is 15.6 Å². The minimum atomic E-state index is -5.85. The van der Waals surface area contributed by atoms with Gasteiger partial charge in [0.25, 0.3) is 21.2 Å². The number of hydrogen-bond donors (Lipinski definition) is 7. The predicted octanol–water partition coefficient (Wildman–Crippen LogP) is -6.09. The van der Waals surface area contributed by atoms with Crippen molar-refractivity contribution in [3.63, 3.8) is 0 Å². The molecule has 11 atom stereocenters. The van der Waals surface area contributed by atoms with Crippen LogP contribution in [0.15, 0.2) is 21.9 Å². The van der Waals surface area contributed by atoms with Crippen molar-refractivity contribution in [3.8, 4) is 0 Å². The minimum Gasteiger partial charge on any atom is -0.756 e. The van der Waals surface area contributed by atoms with Crippen LogP contribution in [0.5, 0.6) is 0 Å². The summed E-state index contributed by atoms with van der Waals surface area (Å²) >= 11 is 0. The highest BCUT2D eigenvalue weighted by Crippen LogP contribution is 2.57. The maximum Gasteiger partial charge on any atom is 0.330 e. The summed E-state index contributed by atoms with van der Waals surface area (Å²) < 4.78 is 47.4. The Morgan fingerprint density at radius 3 is 2.31 bits per heavy atom. The molecule has 0 spiro atoms. The van der Waals surface area contributed by atoms with Crippen LogP contribution in [0, 0.1) is 0 Å². The quantitative estimate of drug-likeness (QED) is 0.137. The molecule has 3 rings (SSSR count). The second kappa shape index (κ2) is 11.2. The lowest BCUT2D eigenvalue weighted by atomic mass is 9.97. The highest BCUT2D eigenvalue weighted by Gasteiger charge is 2.46. The van der Waals surface area contributed by atoms with E-state index in [2.05, 4.69) is 13.4 Å². The van der Waals surface area contributed by atoms with Crippen LogP contribution in [-0.4, -0.2) is 97.3 Å². The number of nitrogens with zero attached hydrogens (tertiary/aromatic N) is 1. The first kappa shape index (κ1) is 29.2. The summed E-state index contributed by atoms with van der Waals surface area (Å²) in [4.78, 5) is 49.0. The van der Waals surface area contributed by atoms with Gasteiger partial charge in [-0.25, -0.2) is 9.11 Å². The van der Waals surface area contributed by atoms with E-state index in [1.165, 1.54) is 0 Å². The zero-order valence-electron chi connectivity index (χ0n) is 17.9. The van der Waals surface area contributed by atoms with E-state index in [9.17, 15) is 48.9 Å². The molecule has 0 aliphatic carbocycles. The lowest BCUT2D eigenvalue weighted by Gasteiger charge is -2.42. The molecule has 0 amide bonds. The van der Waals surface area contributed by atoms with Gasteiger partial charge in [0.05, 0.1) is 19.3 Å². The Kier molecular flexibility index (Phi) is 9.05. The van der Waals surface area contributed by atoms with Crippen LogP contribution < -0.4 is 26.8 Å². The predicted molar refractivity (Wildman–Crippen MR) is 106 cm³/mol. The third-order valence-corrected chi connectivity index (χ3v) is 7.76. The number of nitrogens with one attached hydrogen (secondary N) is 1. The molecule has 2 fully saturated rings. The number of aromatic amines is 1. The summed E-state index contributed by atoms with van der Waals surface area (Å²) in [6.07, 6.45) is -13.0. The molecule has 21 heteroatoms. The van der Waals surface area contributed by atoms with E-state index in [0.717, 1.165) is 12.3 Å². The Bertz CT molecular complexity index is 1130. The van der Waals surface area contributed by atoms with E-state index in [-0.39, 0.29) is 0 Å². The van der Waals surface area contributed by atoms with Crippen LogP contribution in [0.4, 0.5) is 0 Å². The molecule has 2 aliphatic rings. The first-order chi connectivity index (χ1) is 16.7. The molecule has 2 aliphatic heterocycles. The molecular weight excluding hydrogens is 540 g/mol. The van der Waals surface area contributed by atoms with E-state index in [1.54, 1.807) is 0 Å². The van der Waals surface area contributed by atoms with Gasteiger partial charge in [-0.15, -0.1) is 0 Å². The Labute approximate surface area is 200 Å². The topological polar surface area (TPSA) is 308 Å². The number of hydrogen-bond acceptors (Lipinski definition) is 17. The van der Waals surface area contributed by atoms with Crippen LogP contribution in [-0.2, 0) is 32.0 Å².